The molecular formula is C55H97NO10. The molecule has 0 saturated carbocycles. The molecular weight excluding hydrogens is 835 g/mol. The molecule has 0 aromatic rings. The van der Waals surface area contributed by atoms with E-state index in [-0.39, 0.29) is 24.9 Å². The smallest absolute Gasteiger partial charge is 0.305 e. The molecule has 1 rings (SSSR count). The van der Waals surface area contributed by atoms with Crippen molar-refractivity contribution in [1.82, 2.24) is 5.32 Å². The zero-order valence-corrected chi connectivity index (χ0v) is 41.6. The Morgan fingerprint density at radius 2 is 1.09 bits per heavy atom. The van der Waals surface area contributed by atoms with Gasteiger partial charge in [-0.05, 0) is 70.6 Å². The van der Waals surface area contributed by atoms with E-state index in [4.69, 9.17) is 14.2 Å². The van der Waals surface area contributed by atoms with Crippen molar-refractivity contribution in [2.45, 2.75) is 256 Å². The van der Waals surface area contributed by atoms with E-state index < -0.39 is 49.5 Å². The highest BCUT2D eigenvalue weighted by Crippen LogP contribution is 2.22. The molecule has 1 saturated heterocycles. The van der Waals surface area contributed by atoms with Crippen molar-refractivity contribution in [2.24, 2.45) is 0 Å². The largest absolute Gasteiger partial charge is 0.466 e. The number of aliphatic hydroxyl groups excluding tert-OH is 5. The molecule has 7 atom stereocenters. The molecule has 11 heteroatoms. The van der Waals surface area contributed by atoms with Gasteiger partial charge in [0.1, 0.15) is 24.4 Å². The van der Waals surface area contributed by atoms with Crippen LogP contribution in [0.15, 0.2) is 60.8 Å². The van der Waals surface area contributed by atoms with Crippen molar-refractivity contribution in [3.05, 3.63) is 60.8 Å². The van der Waals surface area contributed by atoms with Crippen molar-refractivity contribution in [3.63, 3.8) is 0 Å². The minimum atomic E-state index is -1.60. The number of carbonyl (C=O) groups excluding carboxylic acids is 2. The van der Waals surface area contributed by atoms with Crippen LogP contribution in [0, 0.1) is 0 Å². The molecule has 11 nitrogen and oxygen atoms in total. The van der Waals surface area contributed by atoms with E-state index in [1.54, 1.807) is 6.08 Å². The number of amides is 1. The number of allylic oxidation sites excluding steroid dienone is 9. The molecule has 382 valence electrons. The van der Waals surface area contributed by atoms with E-state index in [2.05, 4.69) is 55.6 Å². The normalized spacial score (nSPS) is 20.1. The van der Waals surface area contributed by atoms with E-state index in [0.29, 0.717) is 25.9 Å². The molecule has 0 aliphatic carbocycles. The van der Waals surface area contributed by atoms with Crippen LogP contribution in [0.2, 0.25) is 0 Å². The fourth-order valence-corrected chi connectivity index (χ4v) is 7.87. The van der Waals surface area contributed by atoms with Gasteiger partial charge in [-0.1, -0.05) is 190 Å². The molecule has 1 aliphatic rings. The van der Waals surface area contributed by atoms with Gasteiger partial charge in [-0.2, -0.15) is 0 Å². The molecule has 0 bridgehead atoms. The Hall–Kier alpha value is -2.64. The third-order valence-electron chi connectivity index (χ3n) is 12.1. The summed E-state index contributed by atoms with van der Waals surface area (Å²) in [6.45, 7) is 4.09. The molecule has 0 radical (unpaired) electrons. The lowest BCUT2D eigenvalue weighted by Gasteiger charge is -2.40. The number of aliphatic hydroxyl groups is 5. The van der Waals surface area contributed by atoms with Crippen LogP contribution in [-0.2, 0) is 23.8 Å². The first-order chi connectivity index (χ1) is 32.2. The van der Waals surface area contributed by atoms with Gasteiger partial charge in [-0.15, -0.1) is 0 Å². The van der Waals surface area contributed by atoms with E-state index in [1.807, 2.05) is 18.2 Å². The number of ether oxygens (including phenoxy) is 3. The maximum Gasteiger partial charge on any atom is 0.305 e. The van der Waals surface area contributed by atoms with Crippen LogP contribution in [0.1, 0.15) is 213 Å². The number of unbranched alkanes of at least 4 members (excludes halogenated alkanes) is 22. The van der Waals surface area contributed by atoms with Crippen molar-refractivity contribution < 1.29 is 49.3 Å². The Morgan fingerprint density at radius 3 is 1.68 bits per heavy atom. The SMILES string of the molecule is CC/C=C/CC/C=C/CC/C=C/C(O)C(COC1OC(CO)C(O)C(O)C1O)NC(=O)CC/C=C\C/C=C\CCCCCCCCOC(=O)CCCCCCCCCCCCCCCCC. The number of esters is 1. The van der Waals surface area contributed by atoms with Gasteiger partial charge in [0.25, 0.3) is 0 Å². The summed E-state index contributed by atoms with van der Waals surface area (Å²) in [6, 6.07) is -0.878. The fourth-order valence-electron chi connectivity index (χ4n) is 7.87. The Kier molecular flexibility index (Phi) is 41.7. The monoisotopic (exact) mass is 932 g/mol. The summed E-state index contributed by atoms with van der Waals surface area (Å²) in [7, 11) is 0. The van der Waals surface area contributed by atoms with Gasteiger partial charge in [-0.3, -0.25) is 9.59 Å². The molecule has 66 heavy (non-hydrogen) atoms. The quantitative estimate of drug-likeness (QED) is 0.0196. The molecule has 1 amide bonds. The fraction of sp³-hybridized carbons (Fsp3) is 0.782. The zero-order valence-electron chi connectivity index (χ0n) is 41.6. The minimum Gasteiger partial charge on any atom is -0.466 e. The minimum absolute atomic E-state index is 0.0396. The predicted octanol–water partition coefficient (Wildman–Crippen LogP) is 11.1. The molecule has 7 unspecified atom stereocenters. The average Bonchev–Trinajstić information content (AvgIpc) is 3.31. The van der Waals surface area contributed by atoms with Crippen LogP contribution in [-0.4, -0.2) is 100 Å². The maximum absolute atomic E-state index is 12.9. The summed E-state index contributed by atoms with van der Waals surface area (Å²) < 4.78 is 16.6. The van der Waals surface area contributed by atoms with Crippen molar-refractivity contribution >= 4 is 11.9 Å². The van der Waals surface area contributed by atoms with Gasteiger partial charge in [0.2, 0.25) is 5.91 Å². The lowest BCUT2D eigenvalue weighted by molar-refractivity contribution is -0.302. The first kappa shape index (κ1) is 61.4. The first-order valence-electron chi connectivity index (χ1n) is 26.6. The second kappa shape index (κ2) is 44.8. The summed E-state index contributed by atoms with van der Waals surface area (Å²) in [5, 5.41) is 54.0. The van der Waals surface area contributed by atoms with Gasteiger partial charge in [0.05, 0.1) is 32.0 Å². The first-order valence-corrected chi connectivity index (χ1v) is 26.6. The predicted molar refractivity (Wildman–Crippen MR) is 269 cm³/mol. The lowest BCUT2D eigenvalue weighted by atomic mass is 9.99. The maximum atomic E-state index is 12.9. The number of hydrogen-bond donors (Lipinski definition) is 6. The van der Waals surface area contributed by atoms with Crippen LogP contribution in [0.25, 0.3) is 0 Å². The molecule has 0 aromatic carbocycles. The second-order valence-corrected chi connectivity index (χ2v) is 18.2. The molecule has 1 aliphatic heterocycles. The highest BCUT2D eigenvalue weighted by molar-refractivity contribution is 5.76. The second-order valence-electron chi connectivity index (χ2n) is 18.2. The number of carbonyl (C=O) groups is 2. The molecule has 1 fully saturated rings. The van der Waals surface area contributed by atoms with Gasteiger partial charge in [0, 0.05) is 12.8 Å². The summed E-state index contributed by atoms with van der Waals surface area (Å²) in [5.74, 6) is -0.320. The third-order valence-corrected chi connectivity index (χ3v) is 12.1. The van der Waals surface area contributed by atoms with Gasteiger partial charge >= 0.3 is 5.97 Å². The van der Waals surface area contributed by atoms with Gasteiger partial charge in [0.15, 0.2) is 6.29 Å². The van der Waals surface area contributed by atoms with Crippen molar-refractivity contribution in [1.29, 1.82) is 0 Å². The highest BCUT2D eigenvalue weighted by Gasteiger charge is 2.44. The molecule has 0 aromatic heterocycles. The van der Waals surface area contributed by atoms with Crippen LogP contribution in [0.3, 0.4) is 0 Å². The Balaban J connectivity index is 2.18. The van der Waals surface area contributed by atoms with E-state index in [0.717, 1.165) is 77.0 Å². The third kappa shape index (κ3) is 34.6. The lowest BCUT2D eigenvalue weighted by Crippen LogP contribution is -2.60. The van der Waals surface area contributed by atoms with Gasteiger partial charge in [-0.25, -0.2) is 0 Å². The zero-order chi connectivity index (χ0) is 48.1. The Labute approximate surface area is 401 Å². The van der Waals surface area contributed by atoms with Crippen molar-refractivity contribution in [2.75, 3.05) is 19.8 Å². The van der Waals surface area contributed by atoms with E-state index >= 15 is 0 Å². The number of rotatable bonds is 44. The molecule has 1 heterocycles. The van der Waals surface area contributed by atoms with E-state index in [9.17, 15) is 35.1 Å². The molecule has 0 spiro atoms. The van der Waals surface area contributed by atoms with E-state index in [1.165, 1.54) is 96.3 Å². The van der Waals surface area contributed by atoms with Crippen molar-refractivity contribution in [3.8, 4) is 0 Å². The van der Waals surface area contributed by atoms with Crippen LogP contribution >= 0.6 is 0 Å². The number of hydrogen-bond acceptors (Lipinski definition) is 10. The summed E-state index contributed by atoms with van der Waals surface area (Å²) in [4.78, 5) is 25.0. The summed E-state index contributed by atoms with van der Waals surface area (Å²) >= 11 is 0. The highest BCUT2D eigenvalue weighted by atomic mass is 16.7. The van der Waals surface area contributed by atoms with Crippen LogP contribution in [0.5, 0.6) is 0 Å². The molecule has 6 N–H and O–H groups in total. The Morgan fingerprint density at radius 1 is 0.576 bits per heavy atom. The van der Waals surface area contributed by atoms with Crippen LogP contribution in [0.4, 0.5) is 0 Å². The van der Waals surface area contributed by atoms with Crippen LogP contribution < -0.4 is 5.32 Å². The summed E-state index contributed by atoms with van der Waals surface area (Å²) in [6.07, 6.45) is 46.2. The standard InChI is InChI=1S/C55H97NO10/c1-3-5-7-9-11-13-15-16-17-20-23-27-31-35-39-43-51(60)64-44-40-36-32-28-24-21-18-19-22-26-30-34-38-42-50(59)56-47(46-65-55-54(63)53(62)52(61)49(45-57)66-55)48(58)41-37-33-29-25-14-12-10-8-6-4-2/h6,8,14,19,22,25,30,34,37,41,47-49,52-55,57-58,61-63H,3-5,7,9-13,15-18,20-21,23-24,26-29,31-33,35-36,38-40,42-46H2,1-2H3,(H,56,59)/b8-6+,22-19-,25-14+,34-30-,41-37+. The number of nitrogens with one attached hydrogen (secondary N) is 1. The average molecular weight is 932 g/mol. The topological polar surface area (TPSA) is 175 Å². The van der Waals surface area contributed by atoms with Gasteiger partial charge < -0.3 is 45.1 Å². The summed E-state index contributed by atoms with van der Waals surface area (Å²) in [5.41, 5.74) is 0. The Bertz CT molecular complexity index is 1280.